The average molecular weight is 175 g/mol. The van der Waals surface area contributed by atoms with Crippen molar-refractivity contribution in [1.29, 1.82) is 0 Å². The summed E-state index contributed by atoms with van der Waals surface area (Å²) in [7, 11) is 1.50. The summed E-state index contributed by atoms with van der Waals surface area (Å²) in [5.41, 5.74) is 0. The Bertz CT molecular complexity index is 169. The van der Waals surface area contributed by atoms with Crippen LogP contribution in [0.25, 0.3) is 0 Å². The van der Waals surface area contributed by atoms with Gasteiger partial charge in [0, 0.05) is 13.6 Å². The summed E-state index contributed by atoms with van der Waals surface area (Å²) in [5, 5.41) is 8.30. The molecule has 5 heteroatoms. The van der Waals surface area contributed by atoms with Gasteiger partial charge in [-0.2, -0.15) is 0 Å². The minimum Gasteiger partial charge on any atom is -0.481 e. The summed E-state index contributed by atoms with van der Waals surface area (Å²) in [6.45, 7) is 2.17. The van der Waals surface area contributed by atoms with Gasteiger partial charge in [-0.15, -0.1) is 0 Å². The third kappa shape index (κ3) is 4.54. The molecule has 0 fully saturated rings. The first-order valence-electron chi connectivity index (χ1n) is 3.67. The van der Waals surface area contributed by atoms with E-state index < -0.39 is 12.1 Å². The predicted octanol–water partition coefficient (Wildman–Crippen LogP) is 0.549. The van der Waals surface area contributed by atoms with Gasteiger partial charge in [-0.25, -0.2) is 4.79 Å². The zero-order chi connectivity index (χ0) is 9.56. The molecule has 0 bridgehead atoms. The van der Waals surface area contributed by atoms with E-state index in [4.69, 9.17) is 5.11 Å². The molecule has 0 atom stereocenters. The Kier molecular flexibility index (Phi) is 4.83. The molecule has 0 saturated carbocycles. The maximum Gasteiger partial charge on any atom is 0.409 e. The van der Waals surface area contributed by atoms with E-state index in [1.165, 1.54) is 11.9 Å². The van der Waals surface area contributed by atoms with E-state index >= 15 is 0 Å². The molecule has 0 heterocycles. The molecule has 0 aromatic heterocycles. The van der Waals surface area contributed by atoms with Gasteiger partial charge in [0.15, 0.2) is 0 Å². The topological polar surface area (TPSA) is 66.8 Å². The lowest BCUT2D eigenvalue weighted by Gasteiger charge is -2.14. The monoisotopic (exact) mass is 175 g/mol. The smallest absolute Gasteiger partial charge is 0.409 e. The van der Waals surface area contributed by atoms with Crippen molar-refractivity contribution < 1.29 is 19.4 Å². The second-order valence-corrected chi connectivity index (χ2v) is 2.26. The minimum absolute atomic E-state index is 0.0602. The van der Waals surface area contributed by atoms with Crippen LogP contribution in [-0.4, -0.2) is 42.3 Å². The molecule has 12 heavy (non-hydrogen) atoms. The van der Waals surface area contributed by atoms with Crippen LogP contribution in [-0.2, 0) is 9.53 Å². The van der Waals surface area contributed by atoms with Crippen LogP contribution in [0.3, 0.4) is 0 Å². The molecule has 0 aliphatic heterocycles. The number of nitrogens with zero attached hydrogens (tertiary/aromatic N) is 1. The molecule has 5 nitrogen and oxygen atoms in total. The van der Waals surface area contributed by atoms with Crippen LogP contribution in [0.5, 0.6) is 0 Å². The number of carboxylic acids is 1. The van der Waals surface area contributed by atoms with Crippen molar-refractivity contribution in [3.63, 3.8) is 0 Å². The first kappa shape index (κ1) is 10.7. The number of ether oxygens (including phenoxy) is 1. The Labute approximate surface area is 70.9 Å². The van der Waals surface area contributed by atoms with E-state index in [0.29, 0.717) is 6.61 Å². The van der Waals surface area contributed by atoms with Crippen molar-refractivity contribution in [1.82, 2.24) is 4.90 Å². The molecule has 1 amide bonds. The van der Waals surface area contributed by atoms with Gasteiger partial charge in [0.25, 0.3) is 0 Å². The lowest BCUT2D eigenvalue weighted by Crippen LogP contribution is -2.29. The van der Waals surface area contributed by atoms with Crippen LogP contribution in [0.15, 0.2) is 0 Å². The van der Waals surface area contributed by atoms with Crippen LogP contribution in [0, 0.1) is 0 Å². The highest BCUT2D eigenvalue weighted by molar-refractivity contribution is 5.70. The first-order valence-corrected chi connectivity index (χ1v) is 3.67. The van der Waals surface area contributed by atoms with E-state index in [1.54, 1.807) is 6.92 Å². The Morgan fingerprint density at radius 2 is 2.08 bits per heavy atom. The molecule has 0 radical (unpaired) electrons. The van der Waals surface area contributed by atoms with Crippen LogP contribution in [0.4, 0.5) is 4.79 Å². The number of hydrogen-bond acceptors (Lipinski definition) is 3. The molecule has 0 unspecified atom stereocenters. The van der Waals surface area contributed by atoms with Crippen molar-refractivity contribution in [2.75, 3.05) is 20.2 Å². The Balaban J connectivity index is 3.63. The van der Waals surface area contributed by atoms with Crippen molar-refractivity contribution in [2.45, 2.75) is 13.3 Å². The van der Waals surface area contributed by atoms with E-state index in [9.17, 15) is 9.59 Å². The van der Waals surface area contributed by atoms with Crippen LogP contribution >= 0.6 is 0 Å². The number of amides is 1. The molecular weight excluding hydrogens is 162 g/mol. The third-order valence-electron chi connectivity index (χ3n) is 1.24. The fourth-order valence-corrected chi connectivity index (χ4v) is 0.588. The summed E-state index contributed by atoms with van der Waals surface area (Å²) < 4.78 is 4.63. The van der Waals surface area contributed by atoms with E-state index in [1.807, 2.05) is 0 Å². The largest absolute Gasteiger partial charge is 0.481 e. The maximum atomic E-state index is 10.9. The van der Waals surface area contributed by atoms with E-state index in [-0.39, 0.29) is 13.0 Å². The second kappa shape index (κ2) is 5.40. The lowest BCUT2D eigenvalue weighted by molar-refractivity contribution is -0.137. The molecule has 0 saturated heterocycles. The molecule has 70 valence electrons. The van der Waals surface area contributed by atoms with Gasteiger partial charge in [-0.05, 0) is 6.92 Å². The highest BCUT2D eigenvalue weighted by Crippen LogP contribution is 1.92. The van der Waals surface area contributed by atoms with Gasteiger partial charge in [0.1, 0.15) is 0 Å². The molecule has 0 aromatic rings. The van der Waals surface area contributed by atoms with Gasteiger partial charge >= 0.3 is 12.1 Å². The molecule has 0 aliphatic rings. The molecule has 0 spiro atoms. The number of carbonyl (C=O) groups excluding carboxylic acids is 1. The van der Waals surface area contributed by atoms with Gasteiger partial charge in [-0.3, -0.25) is 4.79 Å². The van der Waals surface area contributed by atoms with Crippen LogP contribution < -0.4 is 0 Å². The third-order valence-corrected chi connectivity index (χ3v) is 1.24. The summed E-state index contributed by atoms with van der Waals surface area (Å²) in [4.78, 5) is 22.2. The van der Waals surface area contributed by atoms with Gasteiger partial charge < -0.3 is 14.7 Å². The predicted molar refractivity (Wildman–Crippen MR) is 41.9 cm³/mol. The number of carboxylic acid groups (broad SMARTS) is 1. The molecule has 0 aliphatic carbocycles. The van der Waals surface area contributed by atoms with Crippen molar-refractivity contribution in [3.05, 3.63) is 0 Å². The highest BCUT2D eigenvalue weighted by Gasteiger charge is 2.09. The SMILES string of the molecule is CCOC(=O)N(C)CCC(=O)O. The Morgan fingerprint density at radius 3 is 2.50 bits per heavy atom. The summed E-state index contributed by atoms with van der Waals surface area (Å²) in [5.74, 6) is -0.925. The molecular formula is C7H13NO4. The van der Waals surface area contributed by atoms with Crippen LogP contribution in [0.2, 0.25) is 0 Å². The zero-order valence-corrected chi connectivity index (χ0v) is 7.24. The van der Waals surface area contributed by atoms with Crippen molar-refractivity contribution in [2.24, 2.45) is 0 Å². The summed E-state index contributed by atoms with van der Waals surface area (Å²) in [6, 6.07) is 0. The Hall–Kier alpha value is -1.26. The van der Waals surface area contributed by atoms with Gasteiger partial charge in [-0.1, -0.05) is 0 Å². The fraction of sp³-hybridized carbons (Fsp3) is 0.714. The summed E-state index contributed by atoms with van der Waals surface area (Å²) >= 11 is 0. The van der Waals surface area contributed by atoms with Gasteiger partial charge in [0.2, 0.25) is 0 Å². The second-order valence-electron chi connectivity index (χ2n) is 2.26. The van der Waals surface area contributed by atoms with Crippen molar-refractivity contribution in [3.8, 4) is 0 Å². The summed E-state index contributed by atoms with van der Waals surface area (Å²) in [6.07, 6.45) is -0.547. The van der Waals surface area contributed by atoms with E-state index in [2.05, 4.69) is 4.74 Å². The molecule has 1 N–H and O–H groups in total. The van der Waals surface area contributed by atoms with Gasteiger partial charge in [0.05, 0.1) is 13.0 Å². The maximum absolute atomic E-state index is 10.9. The van der Waals surface area contributed by atoms with Crippen molar-refractivity contribution >= 4 is 12.1 Å². The number of carbonyl (C=O) groups is 2. The number of rotatable bonds is 4. The quantitative estimate of drug-likeness (QED) is 0.677. The first-order chi connectivity index (χ1) is 5.57. The molecule has 0 rings (SSSR count). The molecule has 0 aromatic carbocycles. The lowest BCUT2D eigenvalue weighted by atomic mass is 10.4. The van der Waals surface area contributed by atoms with Crippen LogP contribution in [0.1, 0.15) is 13.3 Å². The van der Waals surface area contributed by atoms with E-state index in [0.717, 1.165) is 0 Å². The number of aliphatic carboxylic acids is 1. The standard InChI is InChI=1S/C7H13NO4/c1-3-12-7(11)8(2)5-4-6(9)10/h3-5H2,1-2H3,(H,9,10). The fourth-order valence-electron chi connectivity index (χ4n) is 0.588. The average Bonchev–Trinajstić information content (AvgIpc) is 2.00. The normalized spacial score (nSPS) is 9.17. The number of hydrogen-bond donors (Lipinski definition) is 1. The minimum atomic E-state index is -0.925. The zero-order valence-electron chi connectivity index (χ0n) is 7.24. The Morgan fingerprint density at radius 1 is 1.50 bits per heavy atom. The highest BCUT2D eigenvalue weighted by atomic mass is 16.6.